The maximum Gasteiger partial charge on any atom is 0.243 e. The first kappa shape index (κ1) is 10.7. The normalized spacial score (nSPS) is 20.9. The molecule has 1 aromatic rings. The maximum absolute atomic E-state index is 11.4. The number of aryl methyl sites for hydroxylation is 1. The number of nitrogens with zero attached hydrogens (tertiary/aromatic N) is 2. The van der Waals surface area contributed by atoms with Crippen molar-refractivity contribution in [3.05, 3.63) is 11.4 Å². The van der Waals surface area contributed by atoms with Crippen molar-refractivity contribution in [3.8, 4) is 0 Å². The summed E-state index contributed by atoms with van der Waals surface area (Å²) in [4.78, 5) is 22.3. The summed E-state index contributed by atoms with van der Waals surface area (Å²) in [5.74, 6) is -0.507. The minimum atomic E-state index is -0.353. The summed E-state index contributed by atoms with van der Waals surface area (Å²) in [5, 5.41) is 12.6. The topological polar surface area (TPSA) is 97.1 Å². The predicted octanol–water partition coefficient (Wildman–Crippen LogP) is -0.727. The number of hydrogen-bond donors (Lipinski definition) is 2. The third-order valence-corrected chi connectivity index (χ3v) is 2.50. The molecule has 2 amide bonds. The number of rotatable bonds is 3. The Balaban J connectivity index is 1.89. The van der Waals surface area contributed by atoms with Crippen LogP contribution in [-0.2, 0) is 16.1 Å². The summed E-state index contributed by atoms with van der Waals surface area (Å²) in [6, 6.07) is -0.353. The van der Waals surface area contributed by atoms with Crippen molar-refractivity contribution in [1.82, 2.24) is 20.9 Å². The number of nitrogens with one attached hydrogen (secondary N) is 2. The van der Waals surface area contributed by atoms with Gasteiger partial charge in [0.15, 0.2) is 0 Å². The number of aromatic nitrogens is 2. The Morgan fingerprint density at radius 1 is 1.50 bits per heavy atom. The molecule has 16 heavy (non-hydrogen) atoms. The quantitative estimate of drug-likeness (QED) is 0.657. The molecule has 0 bridgehead atoms. The monoisotopic (exact) mass is 224 g/mol. The highest BCUT2D eigenvalue weighted by Gasteiger charge is 2.26. The van der Waals surface area contributed by atoms with E-state index in [2.05, 4.69) is 25.6 Å². The SMILES string of the molecule is Cc1nonc1CNC1CCC(=O)NC1=O. The predicted molar refractivity (Wildman–Crippen MR) is 52.0 cm³/mol. The molecule has 1 fully saturated rings. The van der Waals surface area contributed by atoms with E-state index in [-0.39, 0.29) is 17.9 Å². The van der Waals surface area contributed by atoms with Crippen molar-refractivity contribution in [2.75, 3.05) is 0 Å². The Labute approximate surface area is 91.5 Å². The highest BCUT2D eigenvalue weighted by Crippen LogP contribution is 2.06. The standard InChI is InChI=1S/C9H12N4O3/c1-5-7(13-16-12-5)4-10-6-2-3-8(14)11-9(6)15/h6,10H,2-4H2,1H3,(H,11,14,15). The summed E-state index contributed by atoms with van der Waals surface area (Å²) >= 11 is 0. The van der Waals surface area contributed by atoms with E-state index in [4.69, 9.17) is 0 Å². The Kier molecular flexibility index (Phi) is 2.95. The zero-order valence-electron chi connectivity index (χ0n) is 8.82. The molecule has 7 nitrogen and oxygen atoms in total. The molecule has 2 N–H and O–H groups in total. The van der Waals surface area contributed by atoms with Gasteiger partial charge in [-0.05, 0) is 13.3 Å². The van der Waals surface area contributed by atoms with Gasteiger partial charge < -0.3 is 0 Å². The Morgan fingerprint density at radius 3 is 2.94 bits per heavy atom. The van der Waals surface area contributed by atoms with Crippen LogP contribution < -0.4 is 10.6 Å². The van der Waals surface area contributed by atoms with Crippen molar-refractivity contribution in [3.63, 3.8) is 0 Å². The smallest absolute Gasteiger partial charge is 0.243 e. The van der Waals surface area contributed by atoms with Gasteiger partial charge >= 0.3 is 0 Å². The van der Waals surface area contributed by atoms with Crippen LogP contribution in [0.3, 0.4) is 0 Å². The first-order chi connectivity index (χ1) is 7.66. The highest BCUT2D eigenvalue weighted by atomic mass is 16.6. The molecule has 1 aliphatic rings. The molecule has 2 heterocycles. The molecular weight excluding hydrogens is 212 g/mol. The summed E-state index contributed by atoms with van der Waals surface area (Å²) in [6.07, 6.45) is 0.869. The lowest BCUT2D eigenvalue weighted by molar-refractivity contribution is -0.134. The van der Waals surface area contributed by atoms with Crippen LogP contribution in [0.4, 0.5) is 0 Å². The number of hydrogen-bond acceptors (Lipinski definition) is 6. The second-order valence-corrected chi connectivity index (χ2v) is 3.68. The molecule has 0 radical (unpaired) electrons. The van der Waals surface area contributed by atoms with Gasteiger partial charge in [-0.25, -0.2) is 4.63 Å². The molecule has 0 aromatic carbocycles. The maximum atomic E-state index is 11.4. The molecule has 1 saturated heterocycles. The Morgan fingerprint density at radius 2 is 2.31 bits per heavy atom. The third kappa shape index (κ3) is 2.25. The lowest BCUT2D eigenvalue weighted by atomic mass is 10.1. The summed E-state index contributed by atoms with van der Waals surface area (Å²) in [5.41, 5.74) is 1.37. The van der Waals surface area contributed by atoms with E-state index in [0.717, 1.165) is 0 Å². The van der Waals surface area contributed by atoms with Crippen LogP contribution >= 0.6 is 0 Å². The Hall–Kier alpha value is -1.76. The van der Waals surface area contributed by atoms with Gasteiger partial charge in [0.2, 0.25) is 11.8 Å². The number of carbonyl (C=O) groups excluding carboxylic acids is 2. The zero-order valence-corrected chi connectivity index (χ0v) is 8.82. The fourth-order valence-corrected chi connectivity index (χ4v) is 1.52. The zero-order chi connectivity index (χ0) is 11.5. The first-order valence-corrected chi connectivity index (χ1v) is 5.02. The average molecular weight is 224 g/mol. The van der Waals surface area contributed by atoms with Crippen LogP contribution in [0, 0.1) is 6.92 Å². The van der Waals surface area contributed by atoms with Gasteiger partial charge in [0.1, 0.15) is 11.4 Å². The molecular formula is C9H12N4O3. The molecule has 1 aliphatic heterocycles. The number of imide groups is 1. The number of amides is 2. The van der Waals surface area contributed by atoms with E-state index in [0.29, 0.717) is 30.8 Å². The van der Waals surface area contributed by atoms with Gasteiger partial charge in [-0.15, -0.1) is 0 Å². The van der Waals surface area contributed by atoms with E-state index in [1.165, 1.54) is 0 Å². The first-order valence-electron chi connectivity index (χ1n) is 5.02. The van der Waals surface area contributed by atoms with Crippen molar-refractivity contribution < 1.29 is 14.2 Å². The molecule has 1 aromatic heterocycles. The van der Waals surface area contributed by atoms with Crippen LogP contribution in [0.1, 0.15) is 24.2 Å². The second-order valence-electron chi connectivity index (χ2n) is 3.68. The Bertz CT molecular complexity index is 415. The summed E-state index contributed by atoms with van der Waals surface area (Å²) < 4.78 is 4.53. The van der Waals surface area contributed by atoms with Crippen LogP contribution in [0.5, 0.6) is 0 Å². The highest BCUT2D eigenvalue weighted by molar-refractivity contribution is 6.00. The molecule has 1 atom stereocenters. The molecule has 86 valence electrons. The van der Waals surface area contributed by atoms with E-state index in [1.807, 2.05) is 0 Å². The average Bonchev–Trinajstić information content (AvgIpc) is 2.63. The van der Waals surface area contributed by atoms with E-state index >= 15 is 0 Å². The van der Waals surface area contributed by atoms with Crippen LogP contribution in [-0.4, -0.2) is 28.2 Å². The van der Waals surface area contributed by atoms with E-state index in [1.54, 1.807) is 6.92 Å². The van der Waals surface area contributed by atoms with Gasteiger partial charge in [0.25, 0.3) is 0 Å². The van der Waals surface area contributed by atoms with E-state index in [9.17, 15) is 9.59 Å². The molecule has 0 aliphatic carbocycles. The van der Waals surface area contributed by atoms with Crippen molar-refractivity contribution >= 4 is 11.8 Å². The molecule has 7 heteroatoms. The van der Waals surface area contributed by atoms with Gasteiger partial charge in [-0.3, -0.25) is 20.2 Å². The fraction of sp³-hybridized carbons (Fsp3) is 0.556. The van der Waals surface area contributed by atoms with Crippen LogP contribution in [0.25, 0.3) is 0 Å². The molecule has 0 spiro atoms. The second kappa shape index (κ2) is 4.40. The van der Waals surface area contributed by atoms with Gasteiger partial charge in [-0.2, -0.15) is 0 Å². The molecule has 0 saturated carbocycles. The lowest BCUT2D eigenvalue weighted by Gasteiger charge is -2.21. The van der Waals surface area contributed by atoms with E-state index < -0.39 is 0 Å². The number of carbonyl (C=O) groups is 2. The summed E-state index contributed by atoms with van der Waals surface area (Å²) in [6.45, 7) is 2.18. The van der Waals surface area contributed by atoms with Crippen LogP contribution in [0.15, 0.2) is 4.63 Å². The van der Waals surface area contributed by atoms with Gasteiger partial charge in [0.05, 0.1) is 6.04 Å². The minimum Gasteiger partial charge on any atom is -0.300 e. The fourth-order valence-electron chi connectivity index (χ4n) is 1.52. The van der Waals surface area contributed by atoms with Crippen molar-refractivity contribution in [2.24, 2.45) is 0 Å². The number of piperidine rings is 1. The van der Waals surface area contributed by atoms with Crippen LogP contribution in [0.2, 0.25) is 0 Å². The van der Waals surface area contributed by atoms with Gasteiger partial charge in [0, 0.05) is 13.0 Å². The van der Waals surface area contributed by atoms with Crippen molar-refractivity contribution in [2.45, 2.75) is 32.4 Å². The molecule has 1 unspecified atom stereocenters. The largest absolute Gasteiger partial charge is 0.300 e. The van der Waals surface area contributed by atoms with Gasteiger partial charge in [-0.1, -0.05) is 10.3 Å². The lowest BCUT2D eigenvalue weighted by Crippen LogP contribution is -2.50. The molecule has 2 rings (SSSR count). The minimum absolute atomic E-state index is 0.220. The van der Waals surface area contributed by atoms with Crippen molar-refractivity contribution in [1.29, 1.82) is 0 Å². The summed E-state index contributed by atoms with van der Waals surface area (Å²) in [7, 11) is 0. The third-order valence-electron chi connectivity index (χ3n) is 2.50.